The van der Waals surface area contributed by atoms with Gasteiger partial charge in [0.15, 0.2) is 0 Å². The van der Waals surface area contributed by atoms with E-state index in [9.17, 15) is 9.59 Å². The van der Waals surface area contributed by atoms with Gasteiger partial charge in [0.05, 0.1) is 12.8 Å². The van der Waals surface area contributed by atoms with Gasteiger partial charge in [0.1, 0.15) is 0 Å². The number of methoxy groups -OCH3 is 1. The lowest BCUT2D eigenvalue weighted by Crippen LogP contribution is -2.36. The molecule has 1 radical (unpaired) electrons. The van der Waals surface area contributed by atoms with Crippen molar-refractivity contribution in [3.63, 3.8) is 0 Å². The second-order valence-corrected chi connectivity index (χ2v) is 2.81. The third-order valence-corrected chi connectivity index (χ3v) is 1.87. The van der Waals surface area contributed by atoms with Gasteiger partial charge in [-0.1, -0.05) is 19.1 Å². The van der Waals surface area contributed by atoms with Crippen LogP contribution < -0.4 is 4.90 Å². The van der Waals surface area contributed by atoms with Crippen LogP contribution in [0.1, 0.15) is 13.3 Å². The predicted octanol–water partition coefficient (Wildman–Crippen LogP) is 2.00. The monoisotopic (exact) mass is 206 g/mol. The number of carbonyl (C=O) groups excluding carboxylic acids is 2. The molecule has 1 aromatic rings. The molecule has 0 aliphatic carbocycles. The minimum atomic E-state index is -0.673. The molecule has 0 aliphatic heterocycles. The van der Waals surface area contributed by atoms with Crippen LogP contribution in [0.2, 0.25) is 0 Å². The van der Waals surface area contributed by atoms with Crippen LogP contribution in [-0.4, -0.2) is 19.1 Å². The Bertz CT molecular complexity index is 332. The fraction of sp³-hybridized carbons (Fsp3) is 0.273. The molecule has 79 valence electrons. The summed E-state index contributed by atoms with van der Waals surface area (Å²) in [5, 5.41) is 0. The van der Waals surface area contributed by atoms with E-state index in [-0.39, 0.29) is 12.3 Å². The molecule has 0 spiro atoms. The smallest absolute Gasteiger partial charge is 0.420 e. The molecule has 0 bridgehead atoms. The van der Waals surface area contributed by atoms with Gasteiger partial charge in [0.2, 0.25) is 5.91 Å². The minimum absolute atomic E-state index is 0.244. The number of carbonyl (C=O) groups is 2. The van der Waals surface area contributed by atoms with Gasteiger partial charge in [-0.15, -0.1) is 0 Å². The third kappa shape index (κ3) is 2.56. The Morgan fingerprint density at radius 2 is 2.00 bits per heavy atom. The van der Waals surface area contributed by atoms with Crippen molar-refractivity contribution >= 4 is 17.7 Å². The number of ether oxygens (including phenoxy) is 1. The molecule has 0 N–H and O–H groups in total. The number of rotatable bonds is 2. The zero-order valence-corrected chi connectivity index (χ0v) is 8.69. The van der Waals surface area contributed by atoms with Crippen LogP contribution in [0.3, 0.4) is 0 Å². The van der Waals surface area contributed by atoms with E-state index in [1.54, 1.807) is 31.2 Å². The molecule has 15 heavy (non-hydrogen) atoms. The summed E-state index contributed by atoms with van der Waals surface area (Å²) in [4.78, 5) is 23.9. The normalized spacial score (nSPS) is 9.47. The van der Waals surface area contributed by atoms with Gasteiger partial charge in [0.25, 0.3) is 0 Å². The highest BCUT2D eigenvalue weighted by Crippen LogP contribution is 2.15. The first kappa shape index (κ1) is 11.2. The summed E-state index contributed by atoms with van der Waals surface area (Å²) in [5.74, 6) is -0.298. The Hall–Kier alpha value is -1.84. The lowest BCUT2D eigenvalue weighted by Gasteiger charge is -2.18. The molecule has 0 aliphatic rings. The van der Waals surface area contributed by atoms with Gasteiger partial charge in [-0.05, 0) is 18.2 Å². The fourth-order valence-corrected chi connectivity index (χ4v) is 1.13. The van der Waals surface area contributed by atoms with Crippen molar-refractivity contribution in [1.29, 1.82) is 0 Å². The average molecular weight is 206 g/mol. The number of hydrogen-bond acceptors (Lipinski definition) is 3. The molecule has 1 aromatic carbocycles. The number of anilines is 1. The largest absolute Gasteiger partial charge is 0.452 e. The molecule has 4 nitrogen and oxygen atoms in total. The molecule has 0 heterocycles. The van der Waals surface area contributed by atoms with E-state index in [0.717, 1.165) is 4.90 Å². The van der Waals surface area contributed by atoms with Crippen molar-refractivity contribution in [1.82, 2.24) is 0 Å². The Balaban J connectivity index is 3.02. The minimum Gasteiger partial charge on any atom is -0.452 e. The third-order valence-electron chi connectivity index (χ3n) is 1.87. The maximum atomic E-state index is 11.5. The lowest BCUT2D eigenvalue weighted by atomic mass is 10.3. The zero-order chi connectivity index (χ0) is 11.3. The summed E-state index contributed by atoms with van der Waals surface area (Å²) >= 11 is 0. The molecule has 0 aromatic heterocycles. The van der Waals surface area contributed by atoms with Crippen LogP contribution in [0, 0.1) is 6.07 Å². The van der Waals surface area contributed by atoms with Crippen molar-refractivity contribution in [2.75, 3.05) is 12.0 Å². The van der Waals surface area contributed by atoms with E-state index < -0.39 is 6.09 Å². The first-order valence-corrected chi connectivity index (χ1v) is 4.57. The summed E-state index contributed by atoms with van der Waals surface area (Å²) in [6.45, 7) is 1.69. The van der Waals surface area contributed by atoms with Gasteiger partial charge in [-0.3, -0.25) is 4.79 Å². The molecular formula is C11H12NO3. The van der Waals surface area contributed by atoms with Crippen molar-refractivity contribution in [2.45, 2.75) is 13.3 Å². The molecule has 4 heteroatoms. The van der Waals surface area contributed by atoms with Crippen LogP contribution in [0.4, 0.5) is 10.5 Å². The number of nitrogens with zero attached hydrogens (tertiary/aromatic N) is 1. The van der Waals surface area contributed by atoms with E-state index in [1.165, 1.54) is 7.11 Å². The van der Waals surface area contributed by atoms with E-state index in [1.807, 2.05) is 0 Å². The van der Waals surface area contributed by atoms with E-state index in [0.29, 0.717) is 5.69 Å². The zero-order valence-electron chi connectivity index (χ0n) is 8.69. The molecule has 0 saturated carbocycles. The maximum absolute atomic E-state index is 11.5. The summed E-state index contributed by atoms with van der Waals surface area (Å²) in [7, 11) is 1.24. The lowest BCUT2D eigenvalue weighted by molar-refractivity contribution is -0.117. The van der Waals surface area contributed by atoms with Gasteiger partial charge >= 0.3 is 6.09 Å². The van der Waals surface area contributed by atoms with Crippen LogP contribution in [0.25, 0.3) is 0 Å². The summed E-state index contributed by atoms with van der Waals surface area (Å²) < 4.78 is 4.55. The number of imide groups is 1. The second kappa shape index (κ2) is 5.14. The second-order valence-electron chi connectivity index (χ2n) is 2.81. The molecule has 0 saturated heterocycles. The van der Waals surface area contributed by atoms with E-state index >= 15 is 0 Å². The summed E-state index contributed by atoms with van der Waals surface area (Å²) in [6.07, 6.45) is -0.429. The molecule has 2 amide bonds. The van der Waals surface area contributed by atoms with Crippen molar-refractivity contribution in [3.05, 3.63) is 30.3 Å². The highest BCUT2D eigenvalue weighted by atomic mass is 16.5. The Kier molecular flexibility index (Phi) is 3.85. The van der Waals surface area contributed by atoms with Crippen molar-refractivity contribution < 1.29 is 14.3 Å². The van der Waals surface area contributed by atoms with Crippen LogP contribution in [0.15, 0.2) is 24.3 Å². The van der Waals surface area contributed by atoms with Gasteiger partial charge in [0, 0.05) is 6.42 Å². The van der Waals surface area contributed by atoms with Crippen LogP contribution in [-0.2, 0) is 9.53 Å². The highest BCUT2D eigenvalue weighted by Gasteiger charge is 2.22. The van der Waals surface area contributed by atoms with Gasteiger partial charge in [-0.25, -0.2) is 9.69 Å². The standard InChI is InChI=1S/C11H12NO3/c1-3-10(13)12(11(14)15-2)9-7-5-4-6-8-9/h5-8H,3H2,1-2H3. The van der Waals surface area contributed by atoms with Crippen molar-refractivity contribution in [3.8, 4) is 0 Å². The molecule has 0 fully saturated rings. The van der Waals surface area contributed by atoms with Gasteiger partial charge < -0.3 is 4.74 Å². The molecular weight excluding hydrogens is 194 g/mol. The SMILES string of the molecule is CCC(=O)N(C(=O)OC)c1cc[c]cc1. The Morgan fingerprint density at radius 3 is 2.47 bits per heavy atom. The topological polar surface area (TPSA) is 46.6 Å². The quantitative estimate of drug-likeness (QED) is 0.743. The van der Waals surface area contributed by atoms with Gasteiger partial charge in [-0.2, -0.15) is 0 Å². The highest BCUT2D eigenvalue weighted by molar-refractivity contribution is 6.12. The van der Waals surface area contributed by atoms with Crippen LogP contribution >= 0.6 is 0 Å². The van der Waals surface area contributed by atoms with Crippen molar-refractivity contribution in [2.24, 2.45) is 0 Å². The molecule has 0 atom stereocenters. The first-order valence-electron chi connectivity index (χ1n) is 4.57. The van der Waals surface area contributed by atoms with Crippen LogP contribution in [0.5, 0.6) is 0 Å². The maximum Gasteiger partial charge on any atom is 0.420 e. The summed E-state index contributed by atoms with van der Waals surface area (Å²) in [5.41, 5.74) is 0.493. The van der Waals surface area contributed by atoms with E-state index in [2.05, 4.69) is 10.8 Å². The Labute approximate surface area is 88.5 Å². The average Bonchev–Trinajstić information content (AvgIpc) is 2.30. The van der Waals surface area contributed by atoms with E-state index in [4.69, 9.17) is 0 Å². The number of amides is 2. The molecule has 0 unspecified atom stereocenters. The molecule has 1 rings (SSSR count). The fourth-order valence-electron chi connectivity index (χ4n) is 1.13. The predicted molar refractivity (Wildman–Crippen MR) is 55.5 cm³/mol. The first-order chi connectivity index (χ1) is 7.20. The number of hydrogen-bond donors (Lipinski definition) is 0. The summed E-state index contributed by atoms with van der Waals surface area (Å²) in [6, 6.07) is 9.34. The Morgan fingerprint density at radius 1 is 1.40 bits per heavy atom. The number of benzene rings is 1.